The Morgan fingerprint density at radius 2 is 1.88 bits per heavy atom. The quantitative estimate of drug-likeness (QED) is 0.856. The van der Waals surface area contributed by atoms with Gasteiger partial charge in [-0.05, 0) is 31.9 Å². The highest BCUT2D eigenvalue weighted by atomic mass is 32.2. The van der Waals surface area contributed by atoms with E-state index in [2.05, 4.69) is 5.10 Å². The summed E-state index contributed by atoms with van der Waals surface area (Å²) >= 11 is 0. The molecule has 1 heterocycles. The molecule has 0 radical (unpaired) electrons. The molecule has 0 bridgehead atoms. The van der Waals surface area contributed by atoms with Crippen molar-refractivity contribution < 1.29 is 13.5 Å². The molecular formula is C18H25N3O3S. The van der Waals surface area contributed by atoms with Crippen LogP contribution in [-0.4, -0.2) is 46.8 Å². The lowest BCUT2D eigenvalue weighted by Gasteiger charge is -2.32. The molecule has 0 atom stereocenters. The van der Waals surface area contributed by atoms with Crippen molar-refractivity contribution in [3.05, 3.63) is 42.2 Å². The maximum Gasteiger partial charge on any atom is 0.246 e. The lowest BCUT2D eigenvalue weighted by atomic mass is 9.95. The molecule has 1 aromatic heterocycles. The Hall–Kier alpha value is -1.70. The zero-order valence-electron chi connectivity index (χ0n) is 14.5. The van der Waals surface area contributed by atoms with E-state index >= 15 is 0 Å². The third-order valence-electron chi connectivity index (χ3n) is 4.76. The number of nitrogens with zero attached hydrogens (tertiary/aromatic N) is 3. The van der Waals surface area contributed by atoms with Gasteiger partial charge in [-0.25, -0.2) is 13.1 Å². The Labute approximate surface area is 149 Å². The molecule has 0 spiro atoms. The molecule has 0 amide bonds. The van der Waals surface area contributed by atoms with Crippen LogP contribution in [0.15, 0.2) is 41.4 Å². The zero-order valence-corrected chi connectivity index (χ0v) is 15.3. The van der Waals surface area contributed by atoms with Crippen LogP contribution in [-0.2, 0) is 10.0 Å². The predicted octanol–water partition coefficient (Wildman–Crippen LogP) is 2.50. The molecule has 1 N–H and O–H groups in total. The van der Waals surface area contributed by atoms with E-state index in [-0.39, 0.29) is 24.1 Å². The van der Waals surface area contributed by atoms with Crippen LogP contribution in [0.4, 0.5) is 0 Å². The van der Waals surface area contributed by atoms with Gasteiger partial charge in [-0.2, -0.15) is 9.40 Å². The summed E-state index contributed by atoms with van der Waals surface area (Å²) in [5, 5.41) is 13.8. The second-order valence-corrected chi connectivity index (χ2v) is 8.35. The molecule has 3 rings (SSSR count). The first-order valence-electron chi connectivity index (χ1n) is 8.78. The van der Waals surface area contributed by atoms with Gasteiger partial charge in [0, 0.05) is 12.6 Å². The fraction of sp³-hybridized carbons (Fsp3) is 0.500. The molecule has 1 fully saturated rings. The van der Waals surface area contributed by atoms with Gasteiger partial charge in [0.15, 0.2) is 0 Å². The summed E-state index contributed by atoms with van der Waals surface area (Å²) in [6, 6.07) is 9.42. The van der Waals surface area contributed by atoms with Crippen molar-refractivity contribution in [3.63, 3.8) is 0 Å². The number of hydrogen-bond donors (Lipinski definition) is 1. The van der Waals surface area contributed by atoms with E-state index in [1.54, 1.807) is 17.8 Å². The van der Waals surface area contributed by atoms with Crippen LogP contribution < -0.4 is 0 Å². The van der Waals surface area contributed by atoms with Gasteiger partial charge in [-0.1, -0.05) is 37.5 Å². The lowest BCUT2D eigenvalue weighted by Crippen LogP contribution is -2.43. The van der Waals surface area contributed by atoms with Crippen molar-refractivity contribution in [2.75, 3.05) is 13.2 Å². The summed E-state index contributed by atoms with van der Waals surface area (Å²) in [5.74, 6) is 0. The number of aliphatic hydroxyl groups excluding tert-OH is 1. The van der Waals surface area contributed by atoms with Gasteiger partial charge in [-0.3, -0.25) is 0 Å². The van der Waals surface area contributed by atoms with Gasteiger partial charge in [0.25, 0.3) is 0 Å². The Morgan fingerprint density at radius 1 is 1.20 bits per heavy atom. The number of rotatable bonds is 6. The van der Waals surface area contributed by atoms with Crippen LogP contribution in [0.5, 0.6) is 0 Å². The third-order valence-corrected chi connectivity index (χ3v) is 6.82. The fourth-order valence-electron chi connectivity index (χ4n) is 3.50. The first kappa shape index (κ1) is 18.1. The third kappa shape index (κ3) is 3.78. The summed E-state index contributed by atoms with van der Waals surface area (Å²) < 4.78 is 29.6. The van der Waals surface area contributed by atoms with Gasteiger partial charge in [0.05, 0.1) is 24.2 Å². The molecule has 1 saturated carbocycles. The molecule has 136 valence electrons. The summed E-state index contributed by atoms with van der Waals surface area (Å²) in [6.07, 6.45) is 6.49. The first-order valence-corrected chi connectivity index (χ1v) is 10.2. The smallest absolute Gasteiger partial charge is 0.246 e. The molecule has 1 aromatic carbocycles. The van der Waals surface area contributed by atoms with Crippen molar-refractivity contribution >= 4 is 10.0 Å². The summed E-state index contributed by atoms with van der Waals surface area (Å²) in [7, 11) is -3.69. The van der Waals surface area contributed by atoms with Crippen molar-refractivity contribution in [1.29, 1.82) is 0 Å². The van der Waals surface area contributed by atoms with Gasteiger partial charge < -0.3 is 5.11 Å². The molecule has 1 aliphatic rings. The maximum atomic E-state index is 13.2. The molecule has 25 heavy (non-hydrogen) atoms. The minimum absolute atomic E-state index is 0.0367. The van der Waals surface area contributed by atoms with Crippen LogP contribution in [0.3, 0.4) is 0 Å². The largest absolute Gasteiger partial charge is 0.395 e. The highest BCUT2D eigenvalue weighted by molar-refractivity contribution is 7.89. The number of hydrogen-bond acceptors (Lipinski definition) is 4. The van der Waals surface area contributed by atoms with Crippen LogP contribution >= 0.6 is 0 Å². The second-order valence-electron chi connectivity index (χ2n) is 6.49. The molecule has 0 saturated heterocycles. The average molecular weight is 363 g/mol. The van der Waals surface area contributed by atoms with E-state index in [0.29, 0.717) is 5.69 Å². The highest BCUT2D eigenvalue weighted by Gasteiger charge is 2.34. The minimum atomic E-state index is -3.69. The average Bonchev–Trinajstić information content (AvgIpc) is 3.04. The van der Waals surface area contributed by atoms with E-state index < -0.39 is 10.0 Å². The van der Waals surface area contributed by atoms with E-state index in [9.17, 15) is 13.5 Å². The van der Waals surface area contributed by atoms with Crippen LogP contribution in [0, 0.1) is 6.92 Å². The second kappa shape index (κ2) is 7.68. The fourth-order valence-corrected chi connectivity index (χ4v) is 5.33. The zero-order chi connectivity index (χ0) is 17.9. The van der Waals surface area contributed by atoms with Gasteiger partial charge in [0.1, 0.15) is 4.90 Å². The molecule has 1 aliphatic carbocycles. The molecule has 7 heteroatoms. The number of aliphatic hydroxyl groups is 1. The Morgan fingerprint density at radius 3 is 2.52 bits per heavy atom. The van der Waals surface area contributed by atoms with E-state index in [1.165, 1.54) is 4.31 Å². The van der Waals surface area contributed by atoms with Crippen molar-refractivity contribution in [1.82, 2.24) is 14.1 Å². The summed E-state index contributed by atoms with van der Waals surface area (Å²) in [5.41, 5.74) is 1.29. The Balaban J connectivity index is 1.96. The van der Waals surface area contributed by atoms with Crippen LogP contribution in [0.25, 0.3) is 5.69 Å². The SMILES string of the molecule is Cc1nn(-c2ccccc2)cc1S(=O)(=O)N(CCO)C1CCCCC1. The predicted molar refractivity (Wildman–Crippen MR) is 96.2 cm³/mol. The van der Waals surface area contributed by atoms with Crippen molar-refractivity contribution in [2.24, 2.45) is 0 Å². The van der Waals surface area contributed by atoms with Crippen LogP contribution in [0.1, 0.15) is 37.8 Å². The maximum absolute atomic E-state index is 13.2. The first-order chi connectivity index (χ1) is 12.0. The van der Waals surface area contributed by atoms with Gasteiger partial charge in [0.2, 0.25) is 10.0 Å². The van der Waals surface area contributed by atoms with E-state index in [4.69, 9.17) is 0 Å². The Bertz CT molecular complexity index is 796. The topological polar surface area (TPSA) is 75.4 Å². The summed E-state index contributed by atoms with van der Waals surface area (Å²) in [6.45, 7) is 1.66. The van der Waals surface area contributed by atoms with E-state index in [1.807, 2.05) is 30.3 Å². The summed E-state index contributed by atoms with van der Waals surface area (Å²) in [4.78, 5) is 0.218. The van der Waals surface area contributed by atoms with Crippen molar-refractivity contribution in [3.8, 4) is 5.69 Å². The molecule has 0 aliphatic heterocycles. The van der Waals surface area contributed by atoms with Crippen LogP contribution in [0.2, 0.25) is 0 Å². The number of benzene rings is 1. The van der Waals surface area contributed by atoms with Crippen molar-refractivity contribution in [2.45, 2.75) is 50.0 Å². The normalized spacial score (nSPS) is 16.4. The number of aromatic nitrogens is 2. The molecular weight excluding hydrogens is 338 g/mol. The molecule has 2 aromatic rings. The minimum Gasteiger partial charge on any atom is -0.395 e. The number of sulfonamides is 1. The molecule has 0 unspecified atom stereocenters. The lowest BCUT2D eigenvalue weighted by molar-refractivity contribution is 0.199. The Kier molecular flexibility index (Phi) is 5.56. The monoisotopic (exact) mass is 363 g/mol. The standard InChI is InChI=1S/C18H25N3O3S/c1-15-18(14-20(19-15)16-8-4-2-5-9-16)25(23,24)21(12-13-22)17-10-6-3-7-11-17/h2,4-5,8-9,14,17,22H,3,6-7,10-13H2,1H3. The highest BCUT2D eigenvalue weighted by Crippen LogP contribution is 2.29. The molecule has 6 nitrogen and oxygen atoms in total. The van der Waals surface area contributed by atoms with Gasteiger partial charge >= 0.3 is 0 Å². The van der Waals surface area contributed by atoms with Gasteiger partial charge in [-0.15, -0.1) is 0 Å². The number of aryl methyl sites for hydroxylation is 1. The number of para-hydroxylation sites is 1. The van der Waals surface area contributed by atoms with E-state index in [0.717, 1.165) is 37.8 Å².